The zero-order chi connectivity index (χ0) is 16.1. The van der Waals surface area contributed by atoms with Gasteiger partial charge in [0.1, 0.15) is 6.61 Å². The van der Waals surface area contributed by atoms with Gasteiger partial charge in [-0.3, -0.25) is 9.69 Å². The van der Waals surface area contributed by atoms with Gasteiger partial charge in [0.25, 0.3) is 0 Å². The van der Waals surface area contributed by atoms with Crippen LogP contribution in [0.1, 0.15) is 23.6 Å². The zero-order valence-electron chi connectivity index (χ0n) is 12.6. The highest BCUT2D eigenvalue weighted by Crippen LogP contribution is 2.29. The average Bonchev–Trinajstić information content (AvgIpc) is 2.61. The largest absolute Gasteiger partial charge is 0.444 e. The molecule has 116 valence electrons. The Bertz CT molecular complexity index is 710. The summed E-state index contributed by atoms with van der Waals surface area (Å²) in [5.41, 5.74) is 1.84. The maximum absolute atomic E-state index is 12.4. The van der Waals surface area contributed by atoms with Crippen LogP contribution in [0.5, 0.6) is 0 Å². The topological polar surface area (TPSA) is 46.6 Å². The molecule has 0 fully saturated rings. The third-order valence-electron chi connectivity index (χ3n) is 3.75. The van der Waals surface area contributed by atoms with E-state index in [0.717, 1.165) is 11.1 Å². The first-order valence-corrected chi connectivity index (χ1v) is 7.49. The highest BCUT2D eigenvalue weighted by molar-refractivity contribution is 5.92. The van der Waals surface area contributed by atoms with E-state index in [4.69, 9.17) is 4.74 Å². The summed E-state index contributed by atoms with van der Waals surface area (Å²) in [6, 6.07) is 18.7. The molecule has 4 nitrogen and oxygen atoms in total. The third-order valence-corrected chi connectivity index (χ3v) is 3.75. The van der Waals surface area contributed by atoms with Crippen LogP contribution in [-0.4, -0.2) is 16.8 Å². The number of ether oxygens (including phenoxy) is 1. The molecule has 23 heavy (non-hydrogen) atoms. The van der Waals surface area contributed by atoms with E-state index in [9.17, 15) is 9.59 Å². The molecule has 0 saturated carbocycles. The molecule has 1 atom stereocenters. The molecule has 4 heteroatoms. The SMILES string of the molecule is O=C1C=CN(C(=O)OCc2ccccc2)[C@H](c2ccccc2)C1. The van der Waals surface area contributed by atoms with E-state index in [1.54, 1.807) is 0 Å². The van der Waals surface area contributed by atoms with Crippen LogP contribution in [0.2, 0.25) is 0 Å². The summed E-state index contributed by atoms with van der Waals surface area (Å²) in [6.45, 7) is 0.208. The second kappa shape index (κ2) is 6.92. The van der Waals surface area contributed by atoms with Crippen LogP contribution in [-0.2, 0) is 16.1 Å². The van der Waals surface area contributed by atoms with Crippen molar-refractivity contribution in [1.82, 2.24) is 4.90 Å². The van der Waals surface area contributed by atoms with Crippen molar-refractivity contribution < 1.29 is 14.3 Å². The molecule has 0 radical (unpaired) electrons. The Labute approximate surface area is 135 Å². The second-order valence-electron chi connectivity index (χ2n) is 5.36. The monoisotopic (exact) mass is 307 g/mol. The van der Waals surface area contributed by atoms with Crippen LogP contribution in [0.4, 0.5) is 4.79 Å². The number of carbonyl (C=O) groups excluding carboxylic acids is 2. The van der Waals surface area contributed by atoms with Crippen LogP contribution in [0.25, 0.3) is 0 Å². The maximum Gasteiger partial charge on any atom is 0.414 e. The second-order valence-corrected chi connectivity index (χ2v) is 5.36. The average molecular weight is 307 g/mol. The first-order valence-electron chi connectivity index (χ1n) is 7.49. The first-order chi connectivity index (χ1) is 11.2. The van der Waals surface area contributed by atoms with Crippen molar-refractivity contribution in [2.24, 2.45) is 0 Å². The normalized spacial score (nSPS) is 17.1. The number of carbonyl (C=O) groups is 2. The summed E-state index contributed by atoms with van der Waals surface area (Å²) >= 11 is 0. The molecule has 0 N–H and O–H groups in total. The van der Waals surface area contributed by atoms with Gasteiger partial charge in [-0.15, -0.1) is 0 Å². The van der Waals surface area contributed by atoms with Crippen LogP contribution < -0.4 is 0 Å². The smallest absolute Gasteiger partial charge is 0.414 e. The summed E-state index contributed by atoms with van der Waals surface area (Å²) in [7, 11) is 0. The standard InChI is InChI=1S/C19H17NO3/c21-17-11-12-20(18(13-17)16-9-5-2-6-10-16)19(22)23-14-15-7-3-1-4-8-15/h1-12,18H,13-14H2/t18-/m0/s1. The summed E-state index contributed by atoms with van der Waals surface area (Å²) in [4.78, 5) is 25.6. The lowest BCUT2D eigenvalue weighted by Gasteiger charge is -2.30. The van der Waals surface area contributed by atoms with Gasteiger partial charge in [-0.2, -0.15) is 0 Å². The zero-order valence-corrected chi connectivity index (χ0v) is 12.6. The molecule has 0 spiro atoms. The van der Waals surface area contributed by atoms with E-state index in [-0.39, 0.29) is 24.9 Å². The van der Waals surface area contributed by atoms with Crippen molar-refractivity contribution in [3.63, 3.8) is 0 Å². The van der Waals surface area contributed by atoms with Crippen molar-refractivity contribution in [3.05, 3.63) is 84.1 Å². The Morgan fingerprint density at radius 3 is 2.39 bits per heavy atom. The Balaban J connectivity index is 1.74. The predicted molar refractivity (Wildman–Crippen MR) is 86.4 cm³/mol. The van der Waals surface area contributed by atoms with Gasteiger partial charge >= 0.3 is 6.09 Å². The van der Waals surface area contributed by atoms with E-state index in [0.29, 0.717) is 0 Å². The quantitative estimate of drug-likeness (QED) is 0.865. The predicted octanol–water partition coefficient (Wildman–Crippen LogP) is 3.85. The number of hydrogen-bond acceptors (Lipinski definition) is 3. The number of amides is 1. The lowest BCUT2D eigenvalue weighted by Crippen LogP contribution is -2.34. The van der Waals surface area contributed by atoms with Gasteiger partial charge < -0.3 is 4.74 Å². The molecule has 0 aliphatic carbocycles. The molecule has 0 unspecified atom stereocenters. The molecule has 3 rings (SSSR count). The van der Waals surface area contributed by atoms with Gasteiger partial charge in [-0.1, -0.05) is 60.7 Å². The van der Waals surface area contributed by atoms with Crippen molar-refractivity contribution in [1.29, 1.82) is 0 Å². The van der Waals surface area contributed by atoms with E-state index in [1.807, 2.05) is 60.7 Å². The van der Waals surface area contributed by atoms with E-state index < -0.39 is 6.09 Å². The molecule has 2 aromatic carbocycles. The van der Waals surface area contributed by atoms with Gasteiger partial charge in [0.05, 0.1) is 6.04 Å². The van der Waals surface area contributed by atoms with Crippen LogP contribution in [0.15, 0.2) is 72.9 Å². The van der Waals surface area contributed by atoms with Gasteiger partial charge in [0, 0.05) is 12.6 Å². The van der Waals surface area contributed by atoms with Crippen LogP contribution >= 0.6 is 0 Å². The Hall–Kier alpha value is -2.88. The number of allylic oxidation sites excluding steroid dienone is 1. The fourth-order valence-electron chi connectivity index (χ4n) is 2.56. The van der Waals surface area contributed by atoms with Crippen molar-refractivity contribution in [2.75, 3.05) is 0 Å². The highest BCUT2D eigenvalue weighted by Gasteiger charge is 2.29. The Morgan fingerprint density at radius 1 is 1.04 bits per heavy atom. The van der Waals surface area contributed by atoms with Gasteiger partial charge in [-0.05, 0) is 17.2 Å². The molecule has 0 bridgehead atoms. The lowest BCUT2D eigenvalue weighted by molar-refractivity contribution is -0.116. The number of rotatable bonds is 3. The molecule has 1 aliphatic heterocycles. The minimum absolute atomic E-state index is 0.00552. The fourth-order valence-corrected chi connectivity index (χ4v) is 2.56. The Kier molecular flexibility index (Phi) is 4.52. The van der Waals surface area contributed by atoms with Crippen molar-refractivity contribution >= 4 is 11.9 Å². The van der Waals surface area contributed by atoms with Gasteiger partial charge in [0.2, 0.25) is 0 Å². The third kappa shape index (κ3) is 3.66. The van der Waals surface area contributed by atoms with Crippen LogP contribution in [0, 0.1) is 0 Å². The maximum atomic E-state index is 12.4. The summed E-state index contributed by atoms with van der Waals surface area (Å²) in [6.07, 6.45) is 2.74. The van der Waals surface area contributed by atoms with Gasteiger partial charge in [-0.25, -0.2) is 4.79 Å². The van der Waals surface area contributed by atoms with E-state index in [2.05, 4.69) is 0 Å². The lowest BCUT2D eigenvalue weighted by atomic mass is 9.98. The summed E-state index contributed by atoms with van der Waals surface area (Å²) in [5, 5.41) is 0. The molecule has 0 aromatic heterocycles. The molecule has 1 aliphatic rings. The highest BCUT2D eigenvalue weighted by atomic mass is 16.6. The van der Waals surface area contributed by atoms with Crippen molar-refractivity contribution in [2.45, 2.75) is 19.1 Å². The molecule has 2 aromatic rings. The van der Waals surface area contributed by atoms with E-state index in [1.165, 1.54) is 17.2 Å². The first kappa shape index (κ1) is 15.0. The molecule has 1 heterocycles. The Morgan fingerprint density at radius 2 is 1.70 bits per heavy atom. The minimum atomic E-state index is -0.452. The number of benzene rings is 2. The molecule has 1 amide bonds. The molecule has 0 saturated heterocycles. The number of hydrogen-bond donors (Lipinski definition) is 0. The molecular weight excluding hydrogens is 290 g/mol. The van der Waals surface area contributed by atoms with Crippen molar-refractivity contribution in [3.8, 4) is 0 Å². The summed E-state index contributed by atoms with van der Waals surface area (Å²) < 4.78 is 5.38. The minimum Gasteiger partial charge on any atom is -0.444 e. The van der Waals surface area contributed by atoms with E-state index >= 15 is 0 Å². The number of ketones is 1. The van der Waals surface area contributed by atoms with Gasteiger partial charge in [0.15, 0.2) is 5.78 Å². The molecular formula is C19H17NO3. The number of nitrogens with zero attached hydrogens (tertiary/aromatic N) is 1. The summed E-state index contributed by atoms with van der Waals surface area (Å²) in [5.74, 6) is 0.00552. The fraction of sp³-hybridized carbons (Fsp3) is 0.158. The van der Waals surface area contributed by atoms with Crippen LogP contribution in [0.3, 0.4) is 0 Å².